The van der Waals surface area contributed by atoms with Crippen LogP contribution in [0, 0.1) is 11.3 Å². The van der Waals surface area contributed by atoms with Gasteiger partial charge in [0.25, 0.3) is 0 Å². The monoisotopic (exact) mass is 182 g/mol. The van der Waals surface area contributed by atoms with Crippen molar-refractivity contribution in [2.75, 3.05) is 19.8 Å². The van der Waals surface area contributed by atoms with Gasteiger partial charge in [0.2, 0.25) is 5.91 Å². The smallest absolute Gasteiger partial charge is 0.237 e. The molecule has 1 aliphatic carbocycles. The number of carbonyl (C=O) groups excluding carboxylic acids is 1. The molecule has 2 rings (SSSR count). The van der Waals surface area contributed by atoms with E-state index in [0.29, 0.717) is 17.9 Å². The van der Waals surface area contributed by atoms with Crippen LogP contribution in [0.5, 0.6) is 0 Å². The molecule has 1 saturated carbocycles. The summed E-state index contributed by atoms with van der Waals surface area (Å²) in [6.07, 6.45) is 2.60. The first-order valence-corrected chi connectivity index (χ1v) is 5.12. The van der Waals surface area contributed by atoms with Crippen molar-refractivity contribution in [1.29, 1.82) is 0 Å². The second-order valence-electron chi connectivity index (χ2n) is 4.69. The summed E-state index contributed by atoms with van der Waals surface area (Å²) < 4.78 is 0. The molecule has 0 radical (unpaired) electrons. The molecule has 1 heterocycles. The van der Waals surface area contributed by atoms with Gasteiger partial charge >= 0.3 is 0 Å². The largest absolute Gasteiger partial charge is 0.328 e. The maximum Gasteiger partial charge on any atom is 0.237 e. The number of amides is 1. The first kappa shape index (κ1) is 9.00. The standard InChI is InChI=1S/C10H18N2O/c1-8(2)10(3-4-10)6-12-7-11-5-9(12)13/h8,11H,3-7H2,1-2H3. The zero-order valence-corrected chi connectivity index (χ0v) is 8.47. The molecule has 0 aromatic carbocycles. The van der Waals surface area contributed by atoms with Gasteiger partial charge in [-0.15, -0.1) is 0 Å². The van der Waals surface area contributed by atoms with Gasteiger partial charge in [0.05, 0.1) is 13.2 Å². The maximum atomic E-state index is 11.4. The molecule has 0 bridgehead atoms. The van der Waals surface area contributed by atoms with Crippen LogP contribution < -0.4 is 5.32 Å². The highest BCUT2D eigenvalue weighted by atomic mass is 16.2. The third kappa shape index (κ3) is 1.57. The van der Waals surface area contributed by atoms with Crippen molar-refractivity contribution in [3.05, 3.63) is 0 Å². The molecule has 3 heteroatoms. The van der Waals surface area contributed by atoms with E-state index < -0.39 is 0 Å². The van der Waals surface area contributed by atoms with E-state index in [1.54, 1.807) is 0 Å². The molecule has 1 aliphatic heterocycles. The molecule has 3 nitrogen and oxygen atoms in total. The third-order valence-electron chi connectivity index (χ3n) is 3.55. The predicted molar refractivity (Wildman–Crippen MR) is 51.1 cm³/mol. The minimum absolute atomic E-state index is 0.270. The Kier molecular flexibility index (Phi) is 2.06. The lowest BCUT2D eigenvalue weighted by Crippen LogP contribution is -2.34. The molecule has 1 saturated heterocycles. The average molecular weight is 182 g/mol. The summed E-state index contributed by atoms with van der Waals surface area (Å²) in [6.45, 7) is 6.79. The van der Waals surface area contributed by atoms with E-state index in [4.69, 9.17) is 0 Å². The molecular formula is C10H18N2O. The normalized spacial score (nSPS) is 25.8. The highest BCUT2D eigenvalue weighted by Gasteiger charge is 2.47. The Balaban J connectivity index is 1.94. The molecule has 74 valence electrons. The van der Waals surface area contributed by atoms with Crippen LogP contribution in [-0.2, 0) is 4.79 Å². The highest BCUT2D eigenvalue weighted by Crippen LogP contribution is 2.52. The van der Waals surface area contributed by atoms with E-state index >= 15 is 0 Å². The fourth-order valence-corrected chi connectivity index (χ4v) is 2.10. The quantitative estimate of drug-likeness (QED) is 0.700. The second-order valence-corrected chi connectivity index (χ2v) is 4.69. The third-order valence-corrected chi connectivity index (χ3v) is 3.55. The molecule has 13 heavy (non-hydrogen) atoms. The summed E-state index contributed by atoms with van der Waals surface area (Å²) in [7, 11) is 0. The number of nitrogens with one attached hydrogen (secondary N) is 1. The van der Waals surface area contributed by atoms with E-state index in [-0.39, 0.29) is 5.91 Å². The minimum Gasteiger partial charge on any atom is -0.328 e. The van der Waals surface area contributed by atoms with Crippen molar-refractivity contribution in [2.24, 2.45) is 11.3 Å². The van der Waals surface area contributed by atoms with Crippen molar-refractivity contribution in [1.82, 2.24) is 10.2 Å². The van der Waals surface area contributed by atoms with Crippen LogP contribution in [0.2, 0.25) is 0 Å². The van der Waals surface area contributed by atoms with E-state index in [1.165, 1.54) is 12.8 Å². The lowest BCUT2D eigenvalue weighted by Gasteiger charge is -2.25. The summed E-state index contributed by atoms with van der Waals surface area (Å²) in [5.41, 5.74) is 0.460. The number of hydrogen-bond acceptors (Lipinski definition) is 2. The fraction of sp³-hybridized carbons (Fsp3) is 0.900. The van der Waals surface area contributed by atoms with Crippen molar-refractivity contribution in [2.45, 2.75) is 26.7 Å². The predicted octanol–water partition coefficient (Wildman–Crippen LogP) is 0.812. The molecule has 2 aliphatic rings. The molecule has 0 aromatic heterocycles. The molecule has 2 fully saturated rings. The molecular weight excluding hydrogens is 164 g/mol. The van der Waals surface area contributed by atoms with Gasteiger partial charge in [0.1, 0.15) is 0 Å². The first-order valence-electron chi connectivity index (χ1n) is 5.12. The van der Waals surface area contributed by atoms with Gasteiger partial charge in [0.15, 0.2) is 0 Å². The Morgan fingerprint density at radius 3 is 2.62 bits per heavy atom. The van der Waals surface area contributed by atoms with Crippen LogP contribution in [0.15, 0.2) is 0 Å². The number of carbonyl (C=O) groups is 1. The van der Waals surface area contributed by atoms with Crippen LogP contribution in [0.4, 0.5) is 0 Å². The summed E-state index contributed by atoms with van der Waals surface area (Å²) in [5, 5.41) is 3.09. The van der Waals surface area contributed by atoms with Crippen LogP contribution in [0.1, 0.15) is 26.7 Å². The Labute approximate surface area is 79.5 Å². The highest BCUT2D eigenvalue weighted by molar-refractivity contribution is 5.80. The maximum absolute atomic E-state index is 11.4. The summed E-state index contributed by atoms with van der Waals surface area (Å²) in [4.78, 5) is 13.3. The van der Waals surface area contributed by atoms with Crippen LogP contribution >= 0.6 is 0 Å². The molecule has 1 N–H and O–H groups in total. The Morgan fingerprint density at radius 1 is 1.54 bits per heavy atom. The van der Waals surface area contributed by atoms with Crippen molar-refractivity contribution in [3.8, 4) is 0 Å². The number of nitrogens with zero attached hydrogens (tertiary/aromatic N) is 1. The van der Waals surface area contributed by atoms with Gasteiger partial charge in [-0.25, -0.2) is 0 Å². The zero-order chi connectivity index (χ0) is 9.47. The van der Waals surface area contributed by atoms with Gasteiger partial charge in [-0.1, -0.05) is 13.8 Å². The SMILES string of the molecule is CC(C)C1(CN2CNCC2=O)CC1. The summed E-state index contributed by atoms with van der Waals surface area (Å²) in [6, 6.07) is 0. The fourth-order valence-electron chi connectivity index (χ4n) is 2.10. The van der Waals surface area contributed by atoms with E-state index in [2.05, 4.69) is 19.2 Å². The van der Waals surface area contributed by atoms with Gasteiger partial charge in [-0.05, 0) is 24.2 Å². The van der Waals surface area contributed by atoms with Crippen molar-refractivity contribution < 1.29 is 4.79 Å². The van der Waals surface area contributed by atoms with Gasteiger partial charge in [0, 0.05) is 6.54 Å². The summed E-state index contributed by atoms with van der Waals surface area (Å²) >= 11 is 0. The molecule has 0 atom stereocenters. The van der Waals surface area contributed by atoms with Crippen molar-refractivity contribution >= 4 is 5.91 Å². The van der Waals surface area contributed by atoms with Crippen LogP contribution in [0.25, 0.3) is 0 Å². The zero-order valence-electron chi connectivity index (χ0n) is 8.47. The van der Waals surface area contributed by atoms with E-state index in [9.17, 15) is 4.79 Å². The average Bonchev–Trinajstić information content (AvgIpc) is 2.74. The summed E-state index contributed by atoms with van der Waals surface area (Å²) in [5.74, 6) is 0.979. The van der Waals surface area contributed by atoms with Crippen LogP contribution in [0.3, 0.4) is 0 Å². The lowest BCUT2D eigenvalue weighted by molar-refractivity contribution is -0.127. The van der Waals surface area contributed by atoms with Crippen LogP contribution in [-0.4, -0.2) is 30.6 Å². The molecule has 1 amide bonds. The van der Waals surface area contributed by atoms with Crippen molar-refractivity contribution in [3.63, 3.8) is 0 Å². The van der Waals surface area contributed by atoms with Gasteiger partial charge in [-0.3, -0.25) is 10.1 Å². The Bertz CT molecular complexity index is 221. The molecule has 0 unspecified atom stereocenters. The number of hydrogen-bond donors (Lipinski definition) is 1. The van der Waals surface area contributed by atoms with Gasteiger partial charge < -0.3 is 4.90 Å². The minimum atomic E-state index is 0.270. The Morgan fingerprint density at radius 2 is 2.23 bits per heavy atom. The first-order chi connectivity index (χ1) is 6.14. The molecule has 0 spiro atoms. The number of rotatable bonds is 3. The molecule has 0 aromatic rings. The second kappa shape index (κ2) is 2.98. The topological polar surface area (TPSA) is 32.3 Å². The Hall–Kier alpha value is -0.570. The van der Waals surface area contributed by atoms with Gasteiger partial charge in [-0.2, -0.15) is 0 Å². The lowest BCUT2D eigenvalue weighted by atomic mass is 9.92. The van der Waals surface area contributed by atoms with E-state index in [0.717, 1.165) is 13.2 Å². The van der Waals surface area contributed by atoms with E-state index in [1.807, 2.05) is 4.90 Å².